The zero-order chi connectivity index (χ0) is 39.3. The molecule has 0 aliphatic carbocycles. The first kappa shape index (κ1) is 33.8. The fourth-order valence-corrected chi connectivity index (χ4v) is 14.9. The second-order valence-electron chi connectivity index (χ2n) is 16.2. The monoisotopic (exact) mass is 774 g/mol. The van der Waals surface area contributed by atoms with Crippen molar-refractivity contribution in [2.24, 2.45) is 0 Å². The van der Waals surface area contributed by atoms with Crippen molar-refractivity contribution < 1.29 is 4.74 Å². The van der Waals surface area contributed by atoms with Gasteiger partial charge in [0, 0.05) is 62.4 Å². The van der Waals surface area contributed by atoms with Crippen LogP contribution in [0.15, 0.2) is 195 Å². The molecule has 0 radical (unpaired) electrons. The van der Waals surface area contributed by atoms with E-state index in [9.17, 15) is 0 Å². The van der Waals surface area contributed by atoms with Crippen LogP contribution in [0.25, 0.3) is 54.9 Å². The zero-order valence-electron chi connectivity index (χ0n) is 32.7. The fourth-order valence-electron chi connectivity index (χ4n) is 10.1. The Morgan fingerprint density at radius 1 is 0.458 bits per heavy atom. The maximum Gasteiger partial charge on any atom is 0.179 e. The number of para-hydroxylation sites is 2. The molecule has 11 aromatic rings. The lowest BCUT2D eigenvalue weighted by Gasteiger charge is -2.35. The smallest absolute Gasteiger partial charge is 0.179 e. The Kier molecular flexibility index (Phi) is 7.23. The standard InChI is InChI=1S/C53H38N4OSi/c1-53(2)45-23-10-12-25-49(45)58-50-33-43-42-22-14-28-54-52(42)57(48(43)34-46(50)53)35-15-13-20-38(31-35)59(36-16-5-3-6-17-36,37-18-7-4-8-19-37)39-26-27-40-41-21-9-11-24-47(41)56-30-29-55-51(56)44(40)32-39/h3-34H,1-2H3. The summed E-state index contributed by atoms with van der Waals surface area (Å²) >= 11 is 0. The Bertz CT molecular complexity index is 3420. The van der Waals surface area contributed by atoms with Gasteiger partial charge in [-0.1, -0.05) is 141 Å². The van der Waals surface area contributed by atoms with Crippen molar-refractivity contribution in [2.75, 3.05) is 0 Å². The third kappa shape index (κ3) is 4.78. The van der Waals surface area contributed by atoms with E-state index in [0.29, 0.717) is 0 Å². The lowest BCUT2D eigenvalue weighted by Crippen LogP contribution is -2.74. The van der Waals surface area contributed by atoms with E-state index < -0.39 is 8.07 Å². The predicted octanol–water partition coefficient (Wildman–Crippen LogP) is 9.94. The summed E-state index contributed by atoms with van der Waals surface area (Å²) in [5.41, 5.74) is 7.30. The molecule has 0 N–H and O–H groups in total. The number of imidazole rings is 1. The molecule has 12 rings (SSSR count). The summed E-state index contributed by atoms with van der Waals surface area (Å²) in [7, 11) is -3.01. The number of benzene rings is 7. The Balaban J connectivity index is 1.15. The summed E-state index contributed by atoms with van der Waals surface area (Å²) in [5, 5.41) is 11.0. The Hall–Kier alpha value is -7.28. The lowest BCUT2D eigenvalue weighted by atomic mass is 9.75. The predicted molar refractivity (Wildman–Crippen MR) is 245 cm³/mol. The van der Waals surface area contributed by atoms with Crippen molar-refractivity contribution in [3.05, 3.63) is 206 Å². The molecule has 59 heavy (non-hydrogen) atoms. The summed E-state index contributed by atoms with van der Waals surface area (Å²) < 4.78 is 11.2. The topological polar surface area (TPSA) is 44.4 Å². The Labute approximate surface area is 342 Å². The van der Waals surface area contributed by atoms with E-state index in [-0.39, 0.29) is 5.41 Å². The van der Waals surface area contributed by atoms with E-state index in [0.717, 1.165) is 61.2 Å². The van der Waals surface area contributed by atoms with Gasteiger partial charge in [-0.2, -0.15) is 0 Å². The number of hydrogen-bond acceptors (Lipinski definition) is 3. The van der Waals surface area contributed by atoms with Crippen LogP contribution in [-0.2, 0) is 5.41 Å². The second kappa shape index (κ2) is 12.6. The molecule has 0 spiro atoms. The van der Waals surface area contributed by atoms with E-state index in [2.05, 4.69) is 193 Å². The van der Waals surface area contributed by atoms with E-state index in [1.54, 1.807) is 0 Å². The molecule has 1 aliphatic heterocycles. The number of fused-ring (bicyclic) bond motifs is 11. The van der Waals surface area contributed by atoms with Gasteiger partial charge in [0.15, 0.2) is 8.07 Å². The van der Waals surface area contributed by atoms with Gasteiger partial charge in [0.05, 0.1) is 11.0 Å². The van der Waals surface area contributed by atoms with E-state index in [1.807, 2.05) is 24.5 Å². The quantitative estimate of drug-likeness (QED) is 0.0994. The number of rotatable bonds is 5. The first-order valence-electron chi connectivity index (χ1n) is 20.2. The van der Waals surface area contributed by atoms with Gasteiger partial charge in [-0.3, -0.25) is 8.97 Å². The Morgan fingerprint density at radius 3 is 1.98 bits per heavy atom. The molecule has 0 fully saturated rings. The molecule has 5 nitrogen and oxygen atoms in total. The molecule has 0 bridgehead atoms. The zero-order valence-corrected chi connectivity index (χ0v) is 33.7. The van der Waals surface area contributed by atoms with Gasteiger partial charge in [0.2, 0.25) is 0 Å². The summed E-state index contributed by atoms with van der Waals surface area (Å²) in [5.74, 6) is 1.81. The molecule has 0 amide bonds. The molecule has 1 aliphatic rings. The van der Waals surface area contributed by atoms with Crippen LogP contribution in [0.5, 0.6) is 11.5 Å². The van der Waals surface area contributed by atoms with E-state index in [4.69, 9.17) is 14.7 Å². The highest BCUT2D eigenvalue weighted by Gasteiger charge is 2.42. The largest absolute Gasteiger partial charge is 0.457 e. The number of ether oxygens (including phenoxy) is 1. The van der Waals surface area contributed by atoms with Gasteiger partial charge >= 0.3 is 0 Å². The van der Waals surface area contributed by atoms with Crippen LogP contribution in [0, 0.1) is 0 Å². The molecule has 4 aromatic heterocycles. The van der Waals surface area contributed by atoms with Crippen molar-refractivity contribution in [2.45, 2.75) is 19.3 Å². The SMILES string of the molecule is CC1(C)c2ccccc2Oc2cc3c4cccnc4n(-c4cccc([Si](c5ccccc5)(c5ccccc5)c5ccc6c7ccccc7n7ccnc7c6c5)c4)c3cc21. The second-order valence-corrected chi connectivity index (χ2v) is 20.0. The summed E-state index contributed by atoms with van der Waals surface area (Å²) in [6, 6.07) is 64.6. The van der Waals surface area contributed by atoms with Crippen molar-refractivity contribution in [3.63, 3.8) is 0 Å². The van der Waals surface area contributed by atoms with Gasteiger partial charge in [0.1, 0.15) is 22.8 Å². The van der Waals surface area contributed by atoms with Crippen molar-refractivity contribution in [3.8, 4) is 17.2 Å². The highest BCUT2D eigenvalue weighted by atomic mass is 28.3. The van der Waals surface area contributed by atoms with Crippen LogP contribution in [0.3, 0.4) is 0 Å². The van der Waals surface area contributed by atoms with Gasteiger partial charge in [-0.15, -0.1) is 0 Å². The van der Waals surface area contributed by atoms with Crippen LogP contribution in [0.1, 0.15) is 25.0 Å². The van der Waals surface area contributed by atoms with E-state index in [1.165, 1.54) is 37.1 Å². The molecule has 5 heterocycles. The molecule has 280 valence electrons. The molecule has 0 unspecified atom stereocenters. The third-order valence-corrected chi connectivity index (χ3v) is 17.6. The number of hydrogen-bond donors (Lipinski definition) is 0. The fraction of sp³-hybridized carbons (Fsp3) is 0.0566. The first-order chi connectivity index (χ1) is 29.0. The minimum absolute atomic E-state index is 0.265. The molecular formula is C53H38N4OSi. The minimum atomic E-state index is -3.01. The normalized spacial score (nSPS) is 13.5. The first-order valence-corrected chi connectivity index (χ1v) is 22.2. The highest BCUT2D eigenvalue weighted by molar-refractivity contribution is 7.20. The molecular weight excluding hydrogens is 737 g/mol. The third-order valence-electron chi connectivity index (χ3n) is 12.8. The van der Waals surface area contributed by atoms with Gasteiger partial charge in [-0.05, 0) is 74.7 Å². The van der Waals surface area contributed by atoms with Crippen molar-refractivity contribution in [1.82, 2.24) is 18.9 Å². The van der Waals surface area contributed by atoms with Crippen molar-refractivity contribution >= 4 is 78.1 Å². The molecule has 7 aromatic carbocycles. The van der Waals surface area contributed by atoms with E-state index >= 15 is 0 Å². The molecule has 0 saturated carbocycles. The maximum absolute atomic E-state index is 6.64. The maximum atomic E-state index is 6.64. The molecule has 0 atom stereocenters. The summed E-state index contributed by atoms with van der Waals surface area (Å²) in [6.45, 7) is 4.60. The number of aromatic nitrogens is 4. The van der Waals surface area contributed by atoms with Gasteiger partial charge in [-0.25, -0.2) is 9.97 Å². The Morgan fingerprint density at radius 2 is 1.15 bits per heavy atom. The average molecular weight is 775 g/mol. The number of nitrogens with zero attached hydrogens (tertiary/aromatic N) is 4. The molecule has 0 saturated heterocycles. The summed E-state index contributed by atoms with van der Waals surface area (Å²) in [6.07, 6.45) is 5.90. The van der Waals surface area contributed by atoms with Gasteiger partial charge in [0.25, 0.3) is 0 Å². The van der Waals surface area contributed by atoms with Crippen molar-refractivity contribution in [1.29, 1.82) is 0 Å². The van der Waals surface area contributed by atoms with Crippen LogP contribution in [-0.4, -0.2) is 27.0 Å². The van der Waals surface area contributed by atoms with Gasteiger partial charge < -0.3 is 4.74 Å². The number of pyridine rings is 2. The van der Waals surface area contributed by atoms with Crippen LogP contribution < -0.4 is 25.5 Å². The van der Waals surface area contributed by atoms with Crippen LogP contribution in [0.4, 0.5) is 0 Å². The lowest BCUT2D eigenvalue weighted by molar-refractivity contribution is 0.419. The minimum Gasteiger partial charge on any atom is -0.457 e. The molecule has 6 heteroatoms. The van der Waals surface area contributed by atoms with Crippen LogP contribution in [0.2, 0.25) is 0 Å². The highest BCUT2D eigenvalue weighted by Crippen LogP contribution is 2.50. The summed E-state index contributed by atoms with van der Waals surface area (Å²) in [4.78, 5) is 10.0. The average Bonchev–Trinajstić information content (AvgIpc) is 3.91. The van der Waals surface area contributed by atoms with Crippen LogP contribution >= 0.6 is 0 Å².